The van der Waals surface area contributed by atoms with E-state index in [1.165, 1.54) is 11.8 Å². The Morgan fingerprint density at radius 2 is 1.96 bits per heavy atom. The molecule has 1 aromatic carbocycles. The first kappa shape index (κ1) is 17.8. The molecule has 5 nitrogen and oxygen atoms in total. The topological polar surface area (TPSA) is 84.5 Å². The molecule has 0 amide bonds. The number of hydrogen-bond acceptors (Lipinski definition) is 3. The molecule has 1 saturated carbocycles. The third-order valence-corrected chi connectivity index (χ3v) is 5.61. The van der Waals surface area contributed by atoms with Crippen molar-refractivity contribution in [1.29, 1.82) is 0 Å². The van der Waals surface area contributed by atoms with Crippen LogP contribution in [-0.2, 0) is 9.84 Å². The molecule has 1 aliphatic carbocycles. The molecule has 2 rings (SSSR count). The number of guanidine groups is 1. The molecule has 6 heteroatoms. The summed E-state index contributed by atoms with van der Waals surface area (Å²) in [6.07, 6.45) is 4.19. The van der Waals surface area contributed by atoms with Gasteiger partial charge in [0.1, 0.15) is 9.84 Å². The summed E-state index contributed by atoms with van der Waals surface area (Å²) < 4.78 is 22.9. The normalized spacial score (nSPS) is 18.5. The quantitative estimate of drug-likeness (QED) is 0.592. The molecule has 1 unspecified atom stereocenters. The fourth-order valence-electron chi connectivity index (χ4n) is 2.65. The zero-order valence-corrected chi connectivity index (χ0v) is 15.0. The SMILES string of the molecule is CCC(C)c1ccc(NC(N)=NCC2(CS(C)(=O)=O)CC2)cc1. The number of hydrogen-bond donors (Lipinski definition) is 2. The number of rotatable bonds is 7. The van der Waals surface area contributed by atoms with Gasteiger partial charge in [0.05, 0.1) is 5.75 Å². The minimum absolute atomic E-state index is 0.194. The largest absolute Gasteiger partial charge is 0.370 e. The van der Waals surface area contributed by atoms with Gasteiger partial charge >= 0.3 is 0 Å². The van der Waals surface area contributed by atoms with Gasteiger partial charge in [-0.1, -0.05) is 26.0 Å². The van der Waals surface area contributed by atoms with Crippen LogP contribution in [0.5, 0.6) is 0 Å². The van der Waals surface area contributed by atoms with Crippen molar-refractivity contribution in [1.82, 2.24) is 0 Å². The second kappa shape index (κ2) is 6.91. The van der Waals surface area contributed by atoms with Crippen molar-refractivity contribution in [2.75, 3.05) is 23.9 Å². The predicted molar refractivity (Wildman–Crippen MR) is 96.6 cm³/mol. The molecule has 0 bridgehead atoms. The molecule has 1 aliphatic rings. The van der Waals surface area contributed by atoms with E-state index in [0.29, 0.717) is 18.4 Å². The number of nitrogens with two attached hydrogens (primary N) is 1. The van der Waals surface area contributed by atoms with Crippen LogP contribution in [0.15, 0.2) is 29.3 Å². The first-order chi connectivity index (χ1) is 10.7. The van der Waals surface area contributed by atoms with E-state index in [-0.39, 0.29) is 11.2 Å². The van der Waals surface area contributed by atoms with Crippen LogP contribution in [0.3, 0.4) is 0 Å². The van der Waals surface area contributed by atoms with Crippen molar-refractivity contribution < 1.29 is 8.42 Å². The molecule has 0 spiro atoms. The van der Waals surface area contributed by atoms with Crippen LogP contribution < -0.4 is 11.1 Å². The average Bonchev–Trinajstić information content (AvgIpc) is 3.23. The lowest BCUT2D eigenvalue weighted by Gasteiger charge is -2.13. The van der Waals surface area contributed by atoms with Gasteiger partial charge in [-0.2, -0.15) is 0 Å². The van der Waals surface area contributed by atoms with E-state index in [9.17, 15) is 8.42 Å². The van der Waals surface area contributed by atoms with E-state index < -0.39 is 9.84 Å². The zero-order chi connectivity index (χ0) is 17.1. The number of benzene rings is 1. The predicted octanol–water partition coefficient (Wildman–Crippen LogP) is 2.75. The summed E-state index contributed by atoms with van der Waals surface area (Å²) >= 11 is 0. The molecule has 0 aromatic heterocycles. The summed E-state index contributed by atoms with van der Waals surface area (Å²) in [6.45, 7) is 4.84. The zero-order valence-electron chi connectivity index (χ0n) is 14.2. The molecule has 23 heavy (non-hydrogen) atoms. The molecule has 0 aliphatic heterocycles. The van der Waals surface area contributed by atoms with Crippen LogP contribution in [0.1, 0.15) is 44.6 Å². The van der Waals surface area contributed by atoms with E-state index in [4.69, 9.17) is 5.73 Å². The molecule has 128 valence electrons. The van der Waals surface area contributed by atoms with Crippen LogP contribution >= 0.6 is 0 Å². The van der Waals surface area contributed by atoms with Crippen molar-refractivity contribution in [3.8, 4) is 0 Å². The number of sulfone groups is 1. The van der Waals surface area contributed by atoms with Crippen LogP contribution in [0.4, 0.5) is 5.69 Å². The van der Waals surface area contributed by atoms with Crippen molar-refractivity contribution in [2.24, 2.45) is 16.1 Å². The van der Waals surface area contributed by atoms with Gasteiger partial charge in [0.2, 0.25) is 0 Å². The maximum Gasteiger partial charge on any atom is 0.193 e. The summed E-state index contributed by atoms with van der Waals surface area (Å²) in [6, 6.07) is 8.17. The average molecular weight is 337 g/mol. The molecule has 3 N–H and O–H groups in total. The van der Waals surface area contributed by atoms with Crippen LogP contribution in [0.2, 0.25) is 0 Å². The van der Waals surface area contributed by atoms with Gasteiger partial charge in [0.15, 0.2) is 5.96 Å². The summed E-state index contributed by atoms with van der Waals surface area (Å²) in [4.78, 5) is 4.33. The molecule has 1 aromatic rings. The summed E-state index contributed by atoms with van der Waals surface area (Å²) in [5.41, 5.74) is 7.92. The van der Waals surface area contributed by atoms with Gasteiger partial charge in [-0.3, -0.25) is 4.99 Å². The van der Waals surface area contributed by atoms with Crippen LogP contribution in [-0.4, -0.2) is 32.9 Å². The maximum atomic E-state index is 11.4. The third-order valence-electron chi connectivity index (χ3n) is 4.47. The minimum Gasteiger partial charge on any atom is -0.370 e. The lowest BCUT2D eigenvalue weighted by Crippen LogP contribution is -2.26. The van der Waals surface area contributed by atoms with Gasteiger partial charge in [-0.05, 0) is 42.9 Å². The standard InChI is InChI=1S/C17H27N3O2S/c1-4-13(2)14-5-7-15(8-6-14)20-16(18)19-11-17(9-10-17)12-23(3,21)22/h5-8,13H,4,9-12H2,1-3H3,(H3,18,19,20). The second-order valence-electron chi connectivity index (χ2n) is 6.83. The third kappa shape index (κ3) is 5.53. The minimum atomic E-state index is -2.97. The Hall–Kier alpha value is -1.56. The van der Waals surface area contributed by atoms with E-state index in [2.05, 4.69) is 36.3 Å². The van der Waals surface area contributed by atoms with Gasteiger partial charge < -0.3 is 11.1 Å². The van der Waals surface area contributed by atoms with Gasteiger partial charge in [0.25, 0.3) is 0 Å². The van der Waals surface area contributed by atoms with Crippen LogP contribution in [0, 0.1) is 5.41 Å². The Labute approximate surface area is 139 Å². The van der Waals surface area contributed by atoms with Crippen molar-refractivity contribution in [3.05, 3.63) is 29.8 Å². The number of anilines is 1. The Balaban J connectivity index is 1.92. The summed E-state index contributed by atoms with van der Waals surface area (Å²) in [5, 5.41) is 3.07. The highest BCUT2D eigenvalue weighted by molar-refractivity contribution is 7.90. The Bertz CT molecular complexity index is 662. The first-order valence-electron chi connectivity index (χ1n) is 8.08. The van der Waals surface area contributed by atoms with Crippen molar-refractivity contribution >= 4 is 21.5 Å². The van der Waals surface area contributed by atoms with Gasteiger partial charge in [-0.15, -0.1) is 0 Å². The highest BCUT2D eigenvalue weighted by atomic mass is 32.2. The molecule has 0 radical (unpaired) electrons. The summed E-state index contributed by atoms with van der Waals surface area (Å²) in [7, 11) is -2.97. The van der Waals surface area contributed by atoms with Crippen LogP contribution in [0.25, 0.3) is 0 Å². The van der Waals surface area contributed by atoms with E-state index in [1.807, 2.05) is 12.1 Å². The molecule has 1 atom stereocenters. The highest BCUT2D eigenvalue weighted by Gasteiger charge is 2.45. The lowest BCUT2D eigenvalue weighted by atomic mass is 9.99. The van der Waals surface area contributed by atoms with Crippen molar-refractivity contribution in [3.63, 3.8) is 0 Å². The Kier molecular flexibility index (Phi) is 5.34. The number of nitrogens with one attached hydrogen (secondary N) is 1. The Morgan fingerprint density at radius 1 is 1.35 bits per heavy atom. The molecule has 1 fully saturated rings. The fraction of sp³-hybridized carbons (Fsp3) is 0.588. The maximum absolute atomic E-state index is 11.4. The monoisotopic (exact) mass is 337 g/mol. The summed E-state index contributed by atoms with van der Waals surface area (Å²) in [5.74, 6) is 1.07. The Morgan fingerprint density at radius 3 is 2.43 bits per heavy atom. The van der Waals surface area contributed by atoms with Gasteiger partial charge in [0, 0.05) is 23.9 Å². The smallest absolute Gasteiger partial charge is 0.193 e. The number of aliphatic imine (C=N–C) groups is 1. The van der Waals surface area contributed by atoms with E-state index >= 15 is 0 Å². The van der Waals surface area contributed by atoms with Crippen molar-refractivity contribution in [2.45, 2.75) is 39.0 Å². The highest BCUT2D eigenvalue weighted by Crippen LogP contribution is 2.46. The second-order valence-corrected chi connectivity index (χ2v) is 8.97. The molecule has 0 saturated heterocycles. The van der Waals surface area contributed by atoms with Gasteiger partial charge in [-0.25, -0.2) is 8.42 Å². The lowest BCUT2D eigenvalue weighted by molar-refractivity contribution is 0.552. The molecular weight excluding hydrogens is 310 g/mol. The fourth-order valence-corrected chi connectivity index (χ4v) is 4.14. The molecular formula is C17H27N3O2S. The van der Waals surface area contributed by atoms with E-state index in [1.54, 1.807) is 0 Å². The van der Waals surface area contributed by atoms with E-state index in [0.717, 1.165) is 24.9 Å². The molecule has 0 heterocycles. The number of nitrogens with zero attached hydrogens (tertiary/aromatic N) is 1. The first-order valence-corrected chi connectivity index (χ1v) is 10.1.